The molecule has 2 aromatic heterocycles. The highest BCUT2D eigenvalue weighted by Gasteiger charge is 2.20. The average molecular weight is 231 g/mol. The Morgan fingerprint density at radius 3 is 3.00 bits per heavy atom. The van der Waals surface area contributed by atoms with Crippen molar-refractivity contribution in [2.24, 2.45) is 5.73 Å². The molecule has 90 valence electrons. The van der Waals surface area contributed by atoms with Crippen molar-refractivity contribution in [3.63, 3.8) is 0 Å². The molecule has 5 heteroatoms. The summed E-state index contributed by atoms with van der Waals surface area (Å²) in [4.78, 5) is 4.65. The van der Waals surface area contributed by atoms with Crippen LogP contribution in [0, 0.1) is 0 Å². The number of nitrogens with two attached hydrogens (primary N) is 1. The molecule has 0 unspecified atom stereocenters. The van der Waals surface area contributed by atoms with E-state index in [0.717, 1.165) is 43.0 Å². The van der Waals surface area contributed by atoms with Crippen molar-refractivity contribution in [2.75, 3.05) is 13.1 Å². The van der Waals surface area contributed by atoms with E-state index >= 15 is 0 Å². The Labute approximate surface area is 100 Å². The molecule has 0 aromatic carbocycles. The maximum absolute atomic E-state index is 5.71. The number of pyridine rings is 1. The number of piperidine rings is 1. The summed E-state index contributed by atoms with van der Waals surface area (Å²) >= 11 is 0. The predicted molar refractivity (Wildman–Crippen MR) is 65.7 cm³/mol. The predicted octanol–water partition coefficient (Wildman–Crippen LogP) is 0.655. The quantitative estimate of drug-likeness (QED) is 0.796. The van der Waals surface area contributed by atoms with Gasteiger partial charge in [-0.15, -0.1) is 0 Å². The minimum Gasteiger partial charge on any atom is -0.326 e. The lowest BCUT2D eigenvalue weighted by Crippen LogP contribution is -2.27. The maximum atomic E-state index is 5.71. The molecule has 0 amide bonds. The zero-order valence-corrected chi connectivity index (χ0v) is 9.76. The van der Waals surface area contributed by atoms with Crippen molar-refractivity contribution >= 4 is 5.65 Å². The topological polar surface area (TPSA) is 68.2 Å². The third-order valence-electron chi connectivity index (χ3n) is 3.38. The lowest BCUT2D eigenvalue weighted by molar-refractivity contribution is 0.445. The monoisotopic (exact) mass is 231 g/mol. The lowest BCUT2D eigenvalue weighted by Gasteiger charge is -2.19. The van der Waals surface area contributed by atoms with Crippen LogP contribution in [-0.4, -0.2) is 27.7 Å². The second-order valence-electron chi connectivity index (χ2n) is 4.50. The van der Waals surface area contributed by atoms with Crippen molar-refractivity contribution in [2.45, 2.75) is 25.3 Å². The van der Waals surface area contributed by atoms with Crippen LogP contribution in [0.25, 0.3) is 5.65 Å². The largest absolute Gasteiger partial charge is 0.326 e. The summed E-state index contributed by atoms with van der Waals surface area (Å²) in [6.07, 6.45) is 4.18. The van der Waals surface area contributed by atoms with Crippen LogP contribution in [0.5, 0.6) is 0 Å². The van der Waals surface area contributed by atoms with E-state index in [4.69, 9.17) is 5.73 Å². The van der Waals surface area contributed by atoms with Gasteiger partial charge in [0.25, 0.3) is 0 Å². The summed E-state index contributed by atoms with van der Waals surface area (Å²) in [6, 6.07) is 3.98. The minimum atomic E-state index is 0.488. The van der Waals surface area contributed by atoms with Crippen LogP contribution in [0.1, 0.15) is 30.1 Å². The second kappa shape index (κ2) is 4.43. The summed E-state index contributed by atoms with van der Waals surface area (Å²) in [7, 11) is 0. The van der Waals surface area contributed by atoms with Gasteiger partial charge in [0, 0.05) is 24.2 Å². The van der Waals surface area contributed by atoms with E-state index < -0.39 is 0 Å². The van der Waals surface area contributed by atoms with Crippen LogP contribution in [0.3, 0.4) is 0 Å². The van der Waals surface area contributed by atoms with Gasteiger partial charge in [0.15, 0.2) is 11.5 Å². The fraction of sp³-hybridized carbons (Fsp3) is 0.500. The Hall–Kier alpha value is -1.46. The third kappa shape index (κ3) is 1.92. The molecule has 0 radical (unpaired) electrons. The summed E-state index contributed by atoms with van der Waals surface area (Å²) in [6.45, 7) is 2.63. The summed E-state index contributed by atoms with van der Waals surface area (Å²) < 4.78 is 1.85. The standard InChI is InChI=1S/C12H17N5/c13-8-10-2-1-7-17-12(10)15-11(16-17)9-3-5-14-6-4-9/h1-2,7,9,14H,3-6,8,13H2. The van der Waals surface area contributed by atoms with Gasteiger partial charge in [0.2, 0.25) is 0 Å². The van der Waals surface area contributed by atoms with E-state index in [1.54, 1.807) is 0 Å². The number of hydrogen-bond donors (Lipinski definition) is 2. The zero-order chi connectivity index (χ0) is 11.7. The number of rotatable bonds is 2. The average Bonchev–Trinajstić information content (AvgIpc) is 2.83. The van der Waals surface area contributed by atoms with Crippen LogP contribution in [-0.2, 0) is 6.54 Å². The van der Waals surface area contributed by atoms with E-state index in [1.807, 2.05) is 22.8 Å². The number of aromatic nitrogens is 3. The normalized spacial score (nSPS) is 17.7. The smallest absolute Gasteiger partial charge is 0.160 e. The maximum Gasteiger partial charge on any atom is 0.160 e. The van der Waals surface area contributed by atoms with Gasteiger partial charge in [-0.1, -0.05) is 6.07 Å². The molecule has 0 saturated carbocycles. The molecule has 0 atom stereocenters. The van der Waals surface area contributed by atoms with Crippen molar-refractivity contribution in [1.82, 2.24) is 19.9 Å². The minimum absolute atomic E-state index is 0.488. The van der Waals surface area contributed by atoms with Crippen LogP contribution >= 0.6 is 0 Å². The summed E-state index contributed by atoms with van der Waals surface area (Å²) in [5.41, 5.74) is 7.67. The Morgan fingerprint density at radius 2 is 2.24 bits per heavy atom. The summed E-state index contributed by atoms with van der Waals surface area (Å²) in [5, 5.41) is 7.93. The second-order valence-corrected chi connectivity index (χ2v) is 4.50. The number of nitrogens with one attached hydrogen (secondary N) is 1. The third-order valence-corrected chi connectivity index (χ3v) is 3.38. The molecule has 1 saturated heterocycles. The van der Waals surface area contributed by atoms with Gasteiger partial charge in [0.05, 0.1) is 0 Å². The van der Waals surface area contributed by atoms with Gasteiger partial charge in [0.1, 0.15) is 0 Å². The van der Waals surface area contributed by atoms with E-state index in [-0.39, 0.29) is 0 Å². The number of fused-ring (bicyclic) bond motifs is 1. The van der Waals surface area contributed by atoms with Crippen molar-refractivity contribution < 1.29 is 0 Å². The van der Waals surface area contributed by atoms with E-state index in [1.165, 1.54) is 0 Å². The first kappa shape index (κ1) is 10.7. The van der Waals surface area contributed by atoms with E-state index in [0.29, 0.717) is 12.5 Å². The molecule has 17 heavy (non-hydrogen) atoms. The fourth-order valence-electron chi connectivity index (χ4n) is 2.39. The van der Waals surface area contributed by atoms with Gasteiger partial charge in [-0.2, -0.15) is 5.10 Å². The first-order valence-corrected chi connectivity index (χ1v) is 6.13. The summed E-state index contributed by atoms with van der Waals surface area (Å²) in [5.74, 6) is 1.45. The molecule has 3 heterocycles. The molecule has 1 aliphatic rings. The lowest BCUT2D eigenvalue weighted by atomic mass is 9.98. The first-order chi connectivity index (χ1) is 8.38. The molecule has 5 nitrogen and oxygen atoms in total. The Balaban J connectivity index is 2.00. The molecule has 1 fully saturated rings. The molecule has 3 N–H and O–H groups in total. The number of nitrogens with zero attached hydrogens (tertiary/aromatic N) is 3. The molecular weight excluding hydrogens is 214 g/mol. The van der Waals surface area contributed by atoms with Gasteiger partial charge < -0.3 is 11.1 Å². The molecule has 0 spiro atoms. The van der Waals surface area contributed by atoms with Crippen LogP contribution < -0.4 is 11.1 Å². The Bertz CT molecular complexity index is 513. The highest BCUT2D eigenvalue weighted by Crippen LogP contribution is 2.23. The molecular formula is C12H17N5. The highest BCUT2D eigenvalue weighted by atomic mass is 15.3. The molecule has 0 aliphatic carbocycles. The zero-order valence-electron chi connectivity index (χ0n) is 9.76. The highest BCUT2D eigenvalue weighted by molar-refractivity contribution is 5.47. The molecule has 1 aliphatic heterocycles. The SMILES string of the molecule is NCc1cccn2nc(C3CCNCC3)nc12. The molecule has 3 rings (SSSR count). The van der Waals surface area contributed by atoms with Crippen molar-refractivity contribution in [3.05, 3.63) is 29.7 Å². The van der Waals surface area contributed by atoms with Crippen molar-refractivity contribution in [3.8, 4) is 0 Å². The van der Waals surface area contributed by atoms with Gasteiger partial charge in [-0.05, 0) is 32.0 Å². The van der Waals surface area contributed by atoms with Gasteiger partial charge >= 0.3 is 0 Å². The van der Waals surface area contributed by atoms with Crippen LogP contribution in [0.15, 0.2) is 18.3 Å². The van der Waals surface area contributed by atoms with Crippen LogP contribution in [0.2, 0.25) is 0 Å². The van der Waals surface area contributed by atoms with Gasteiger partial charge in [-0.25, -0.2) is 9.50 Å². The van der Waals surface area contributed by atoms with E-state index in [2.05, 4.69) is 15.4 Å². The van der Waals surface area contributed by atoms with E-state index in [9.17, 15) is 0 Å². The van der Waals surface area contributed by atoms with Crippen molar-refractivity contribution in [1.29, 1.82) is 0 Å². The van der Waals surface area contributed by atoms with Gasteiger partial charge in [-0.3, -0.25) is 0 Å². The molecule has 0 bridgehead atoms. The Morgan fingerprint density at radius 1 is 1.41 bits per heavy atom. The number of hydrogen-bond acceptors (Lipinski definition) is 4. The first-order valence-electron chi connectivity index (χ1n) is 6.13. The molecule has 2 aromatic rings. The Kier molecular flexibility index (Phi) is 2.78. The van der Waals surface area contributed by atoms with Crippen LogP contribution in [0.4, 0.5) is 0 Å². The fourth-order valence-corrected chi connectivity index (χ4v) is 2.39.